The van der Waals surface area contributed by atoms with Crippen molar-refractivity contribution in [1.29, 1.82) is 0 Å². The van der Waals surface area contributed by atoms with E-state index in [9.17, 15) is 0 Å². The molecule has 68 heavy (non-hydrogen) atoms. The van der Waals surface area contributed by atoms with Gasteiger partial charge in [0.25, 0.3) is 0 Å². The van der Waals surface area contributed by atoms with E-state index in [0.717, 1.165) is 28.3 Å². The molecule has 0 fully saturated rings. The van der Waals surface area contributed by atoms with Gasteiger partial charge in [0.15, 0.2) is 0 Å². The molecule has 0 atom stereocenters. The van der Waals surface area contributed by atoms with Gasteiger partial charge in [0, 0.05) is 33.5 Å². The second kappa shape index (κ2) is 16.5. The third-order valence-electron chi connectivity index (χ3n) is 13.8. The zero-order valence-corrected chi connectivity index (χ0v) is 37.3. The molecule has 0 saturated carbocycles. The molecule has 13 aromatic rings. The molecule has 0 radical (unpaired) electrons. The molecule has 0 unspecified atom stereocenters. The van der Waals surface area contributed by atoms with E-state index < -0.39 is 0 Å². The first-order valence-corrected chi connectivity index (χ1v) is 23.4. The summed E-state index contributed by atoms with van der Waals surface area (Å²) < 4.78 is 2.39. The van der Waals surface area contributed by atoms with Crippen molar-refractivity contribution in [3.63, 3.8) is 0 Å². The lowest BCUT2D eigenvalue weighted by Gasteiger charge is -2.26. The van der Waals surface area contributed by atoms with Crippen LogP contribution in [0, 0.1) is 0 Å². The summed E-state index contributed by atoms with van der Waals surface area (Å²) in [6, 6.07) is 97.4. The Morgan fingerprint density at radius 2 is 0.779 bits per heavy atom. The van der Waals surface area contributed by atoms with Crippen LogP contribution in [-0.4, -0.2) is 4.57 Å². The molecule has 0 bridgehead atoms. The summed E-state index contributed by atoms with van der Waals surface area (Å²) >= 11 is 0. The molecule has 1 aromatic heterocycles. The molecule has 0 saturated heterocycles. The zero-order chi connectivity index (χ0) is 45.0. The SMILES string of the molecule is c1ccc(-n2c3ccccc3c3c(-c4cccc(N(c5ccc(-c6cccc(-c7cccc8ccccc78)c6)cc5)c5ccc(-c6cccc7c6ccc6ccccc67)cc5)c4)cccc32)cc1. The van der Waals surface area contributed by atoms with Gasteiger partial charge in [0.2, 0.25) is 0 Å². The van der Waals surface area contributed by atoms with Gasteiger partial charge in [-0.25, -0.2) is 0 Å². The number of benzene rings is 12. The fourth-order valence-electron chi connectivity index (χ4n) is 10.6. The van der Waals surface area contributed by atoms with Crippen LogP contribution in [0.2, 0.25) is 0 Å². The van der Waals surface area contributed by atoms with Crippen LogP contribution in [0.25, 0.3) is 104 Å². The summed E-state index contributed by atoms with van der Waals surface area (Å²) in [5.41, 5.74) is 16.4. The molecular formula is C66H44N2. The molecule has 2 nitrogen and oxygen atoms in total. The average Bonchev–Trinajstić information content (AvgIpc) is 3.76. The number of hydrogen-bond donors (Lipinski definition) is 0. The molecule has 0 N–H and O–H groups in total. The maximum Gasteiger partial charge on any atom is 0.0547 e. The van der Waals surface area contributed by atoms with Crippen LogP contribution in [0.5, 0.6) is 0 Å². The third-order valence-corrected chi connectivity index (χ3v) is 13.8. The number of anilines is 3. The van der Waals surface area contributed by atoms with Crippen molar-refractivity contribution < 1.29 is 0 Å². The number of fused-ring (bicyclic) bond motifs is 7. The van der Waals surface area contributed by atoms with Crippen LogP contribution in [0.4, 0.5) is 17.1 Å². The Balaban J connectivity index is 0.932. The zero-order valence-electron chi connectivity index (χ0n) is 37.3. The molecule has 0 aliphatic rings. The fraction of sp³-hybridized carbons (Fsp3) is 0. The predicted molar refractivity (Wildman–Crippen MR) is 290 cm³/mol. The van der Waals surface area contributed by atoms with Gasteiger partial charge in [0.05, 0.1) is 11.0 Å². The lowest BCUT2D eigenvalue weighted by molar-refractivity contribution is 1.18. The first-order valence-electron chi connectivity index (χ1n) is 23.4. The number of nitrogens with zero attached hydrogens (tertiary/aromatic N) is 2. The highest BCUT2D eigenvalue weighted by molar-refractivity contribution is 6.16. The molecule has 1 heterocycles. The van der Waals surface area contributed by atoms with Gasteiger partial charge >= 0.3 is 0 Å². The van der Waals surface area contributed by atoms with Crippen LogP contribution in [0.15, 0.2) is 267 Å². The van der Waals surface area contributed by atoms with E-state index in [1.807, 2.05) is 0 Å². The minimum atomic E-state index is 1.08. The van der Waals surface area contributed by atoms with Gasteiger partial charge in [-0.05, 0) is 144 Å². The lowest BCUT2D eigenvalue weighted by atomic mass is 9.94. The van der Waals surface area contributed by atoms with Crippen molar-refractivity contribution in [1.82, 2.24) is 4.57 Å². The molecule has 0 aliphatic carbocycles. The Hall–Kier alpha value is -8.98. The monoisotopic (exact) mass is 864 g/mol. The van der Waals surface area contributed by atoms with Crippen LogP contribution < -0.4 is 4.90 Å². The second-order valence-corrected chi connectivity index (χ2v) is 17.7. The number of aromatic nitrogens is 1. The molecule has 2 heteroatoms. The van der Waals surface area contributed by atoms with Gasteiger partial charge < -0.3 is 9.47 Å². The van der Waals surface area contributed by atoms with E-state index in [-0.39, 0.29) is 0 Å². The number of hydrogen-bond acceptors (Lipinski definition) is 1. The van der Waals surface area contributed by atoms with Crippen LogP contribution in [0.1, 0.15) is 0 Å². The minimum Gasteiger partial charge on any atom is -0.310 e. The Morgan fingerprint density at radius 3 is 1.57 bits per heavy atom. The van der Waals surface area contributed by atoms with Crippen molar-refractivity contribution in [2.75, 3.05) is 4.90 Å². The highest BCUT2D eigenvalue weighted by atomic mass is 15.1. The minimum absolute atomic E-state index is 1.08. The summed E-state index contributed by atoms with van der Waals surface area (Å²) in [6.07, 6.45) is 0. The maximum atomic E-state index is 2.40. The van der Waals surface area contributed by atoms with Crippen molar-refractivity contribution in [2.24, 2.45) is 0 Å². The largest absolute Gasteiger partial charge is 0.310 e. The van der Waals surface area contributed by atoms with E-state index in [2.05, 4.69) is 276 Å². The predicted octanol–water partition coefficient (Wildman–Crippen LogP) is 18.4. The summed E-state index contributed by atoms with van der Waals surface area (Å²) in [5.74, 6) is 0. The van der Waals surface area contributed by atoms with Crippen molar-refractivity contribution >= 4 is 71.2 Å². The Bertz CT molecular complexity index is 4010. The molecule has 13 rings (SSSR count). The molecule has 0 spiro atoms. The summed E-state index contributed by atoms with van der Waals surface area (Å²) in [5, 5.41) is 10.1. The van der Waals surface area contributed by atoms with Gasteiger partial charge in [-0.3, -0.25) is 0 Å². The van der Waals surface area contributed by atoms with Crippen LogP contribution >= 0.6 is 0 Å². The smallest absolute Gasteiger partial charge is 0.0547 e. The van der Waals surface area contributed by atoms with Crippen LogP contribution in [-0.2, 0) is 0 Å². The molecule has 12 aromatic carbocycles. The molecule has 0 aliphatic heterocycles. The molecule has 0 amide bonds. The van der Waals surface area contributed by atoms with Crippen molar-refractivity contribution in [2.45, 2.75) is 0 Å². The first kappa shape index (κ1) is 39.4. The van der Waals surface area contributed by atoms with E-state index in [1.165, 1.54) is 93.1 Å². The molecular weight excluding hydrogens is 821 g/mol. The van der Waals surface area contributed by atoms with E-state index >= 15 is 0 Å². The van der Waals surface area contributed by atoms with Gasteiger partial charge in [-0.2, -0.15) is 0 Å². The van der Waals surface area contributed by atoms with Crippen molar-refractivity contribution in [3.8, 4) is 50.2 Å². The Morgan fingerprint density at radius 1 is 0.250 bits per heavy atom. The third kappa shape index (κ3) is 6.73. The summed E-state index contributed by atoms with van der Waals surface area (Å²) in [4.78, 5) is 2.40. The first-order chi connectivity index (χ1) is 33.7. The summed E-state index contributed by atoms with van der Waals surface area (Å²) in [6.45, 7) is 0. The average molecular weight is 865 g/mol. The Labute approximate surface area is 395 Å². The molecule has 318 valence electrons. The Kier molecular flexibility index (Phi) is 9.54. The van der Waals surface area contributed by atoms with E-state index in [4.69, 9.17) is 0 Å². The highest BCUT2D eigenvalue weighted by Gasteiger charge is 2.19. The van der Waals surface area contributed by atoms with Gasteiger partial charge in [-0.1, -0.05) is 200 Å². The second-order valence-electron chi connectivity index (χ2n) is 17.7. The lowest BCUT2D eigenvalue weighted by Crippen LogP contribution is -2.10. The fourth-order valence-corrected chi connectivity index (χ4v) is 10.6. The quantitative estimate of drug-likeness (QED) is 0.138. The number of rotatable bonds is 8. The standard InChI is InChI=1S/C66H44N2/c1-2-21-52(22-3-1)68-64-31-9-8-26-63(64)66-60(29-14-32-65(66)68)51-20-11-23-55(44-51)67(54-40-35-48(36-41-54)58-28-13-30-61-57-25-7-5-16-47(57)37-42-62(58)61)53-38-33-45(34-39-53)49-18-10-19-50(43-49)59-27-12-17-46-15-4-6-24-56(46)59/h1-44H. The number of para-hydroxylation sites is 2. The normalized spacial score (nSPS) is 11.5. The topological polar surface area (TPSA) is 8.17 Å². The van der Waals surface area contributed by atoms with Crippen molar-refractivity contribution in [3.05, 3.63) is 267 Å². The maximum absolute atomic E-state index is 2.40. The van der Waals surface area contributed by atoms with Gasteiger partial charge in [-0.15, -0.1) is 0 Å². The van der Waals surface area contributed by atoms with Crippen LogP contribution in [0.3, 0.4) is 0 Å². The summed E-state index contributed by atoms with van der Waals surface area (Å²) in [7, 11) is 0. The van der Waals surface area contributed by atoms with Gasteiger partial charge in [0.1, 0.15) is 0 Å². The van der Waals surface area contributed by atoms with E-state index in [1.54, 1.807) is 0 Å². The van der Waals surface area contributed by atoms with E-state index in [0.29, 0.717) is 0 Å². The highest BCUT2D eigenvalue weighted by Crippen LogP contribution is 2.43.